The van der Waals surface area contributed by atoms with Crippen molar-refractivity contribution in [2.75, 3.05) is 38.7 Å². The third-order valence-corrected chi connectivity index (χ3v) is 3.38. The van der Waals surface area contributed by atoms with Crippen LogP contribution in [0.3, 0.4) is 0 Å². The fraction of sp³-hybridized carbons (Fsp3) is 0.500. The van der Waals surface area contributed by atoms with E-state index >= 15 is 0 Å². The molecule has 1 atom stereocenters. The molecule has 1 heterocycles. The van der Waals surface area contributed by atoms with Gasteiger partial charge in [0.15, 0.2) is 0 Å². The molecule has 1 saturated heterocycles. The van der Waals surface area contributed by atoms with Crippen molar-refractivity contribution in [1.29, 1.82) is 0 Å². The molecule has 5 nitrogen and oxygen atoms in total. The molecular weight excluding hydrogens is 263 g/mol. The lowest BCUT2D eigenvalue weighted by Crippen LogP contribution is -2.45. The number of methoxy groups -OCH3 is 1. The van der Waals surface area contributed by atoms with Crippen LogP contribution in [0.4, 0.5) is 10.1 Å². The maximum absolute atomic E-state index is 13.4. The number of hydrogen-bond acceptors (Lipinski definition) is 4. The monoisotopic (exact) mass is 282 g/mol. The molecule has 110 valence electrons. The predicted molar refractivity (Wildman–Crippen MR) is 73.1 cm³/mol. The highest BCUT2D eigenvalue weighted by atomic mass is 19.1. The molecule has 0 spiro atoms. The Hall–Kier alpha value is -1.50. The number of nitrogens with one attached hydrogen (secondary N) is 2. The number of ether oxygens (including phenoxy) is 2. The number of carbonyl (C=O) groups is 1. The van der Waals surface area contributed by atoms with Crippen LogP contribution in [0.15, 0.2) is 24.3 Å². The molecule has 1 amide bonds. The Kier molecular flexibility index (Phi) is 5.05. The molecule has 0 radical (unpaired) electrons. The van der Waals surface area contributed by atoms with Gasteiger partial charge >= 0.3 is 0 Å². The largest absolute Gasteiger partial charge is 0.378 e. The lowest BCUT2D eigenvalue weighted by atomic mass is 10.0. The first-order chi connectivity index (χ1) is 9.65. The molecule has 2 N–H and O–H groups in total. The zero-order chi connectivity index (χ0) is 14.4. The van der Waals surface area contributed by atoms with Crippen LogP contribution in [0.1, 0.15) is 6.42 Å². The van der Waals surface area contributed by atoms with E-state index in [0.29, 0.717) is 19.8 Å². The summed E-state index contributed by atoms with van der Waals surface area (Å²) < 4.78 is 24.1. The maximum Gasteiger partial charge on any atom is 0.238 e. The van der Waals surface area contributed by atoms with Crippen molar-refractivity contribution in [3.63, 3.8) is 0 Å². The number of anilines is 1. The Labute approximate surface area is 117 Å². The van der Waals surface area contributed by atoms with E-state index in [9.17, 15) is 9.18 Å². The topological polar surface area (TPSA) is 59.6 Å². The van der Waals surface area contributed by atoms with Crippen molar-refractivity contribution in [3.8, 4) is 0 Å². The molecule has 0 aliphatic carbocycles. The molecule has 1 aliphatic heterocycles. The van der Waals surface area contributed by atoms with Gasteiger partial charge in [-0.1, -0.05) is 12.1 Å². The van der Waals surface area contributed by atoms with Gasteiger partial charge in [-0.25, -0.2) is 4.39 Å². The van der Waals surface area contributed by atoms with Crippen LogP contribution in [-0.2, 0) is 14.3 Å². The highest BCUT2D eigenvalue weighted by molar-refractivity contribution is 5.92. The molecule has 1 aromatic carbocycles. The Balaban J connectivity index is 1.77. The van der Waals surface area contributed by atoms with Gasteiger partial charge in [0.1, 0.15) is 11.4 Å². The molecule has 1 aromatic rings. The SMILES string of the molecule is COC1(CNCC(=O)Nc2ccccc2F)CCOC1. The summed E-state index contributed by atoms with van der Waals surface area (Å²) in [5.74, 6) is -0.737. The number of halogens is 1. The standard InChI is InChI=1S/C14H19FN2O3/c1-19-14(6-7-20-10-14)9-16-8-13(18)17-12-5-3-2-4-11(12)15/h2-5,16H,6-10H2,1H3,(H,17,18). The summed E-state index contributed by atoms with van der Waals surface area (Å²) in [5, 5.41) is 5.54. The first-order valence-electron chi connectivity index (χ1n) is 6.53. The van der Waals surface area contributed by atoms with Crippen molar-refractivity contribution in [2.45, 2.75) is 12.0 Å². The second-order valence-electron chi connectivity index (χ2n) is 4.82. The zero-order valence-electron chi connectivity index (χ0n) is 11.4. The minimum atomic E-state index is -0.446. The number of rotatable bonds is 6. The van der Waals surface area contributed by atoms with E-state index in [0.717, 1.165) is 6.42 Å². The van der Waals surface area contributed by atoms with Crippen LogP contribution < -0.4 is 10.6 Å². The van der Waals surface area contributed by atoms with Gasteiger partial charge in [0.2, 0.25) is 5.91 Å². The van der Waals surface area contributed by atoms with Crippen molar-refractivity contribution in [3.05, 3.63) is 30.1 Å². The van der Waals surface area contributed by atoms with Crippen molar-refractivity contribution in [2.24, 2.45) is 0 Å². The molecule has 20 heavy (non-hydrogen) atoms. The number of amides is 1. The number of para-hydroxylation sites is 1. The first kappa shape index (κ1) is 14.9. The van der Waals surface area contributed by atoms with E-state index in [1.165, 1.54) is 12.1 Å². The van der Waals surface area contributed by atoms with E-state index in [1.54, 1.807) is 19.2 Å². The highest BCUT2D eigenvalue weighted by Gasteiger charge is 2.34. The van der Waals surface area contributed by atoms with Crippen molar-refractivity contribution < 1.29 is 18.7 Å². The molecule has 1 aliphatic rings. The third kappa shape index (κ3) is 3.75. The molecular formula is C14H19FN2O3. The van der Waals surface area contributed by atoms with Crippen LogP contribution in [0, 0.1) is 5.82 Å². The zero-order valence-corrected chi connectivity index (χ0v) is 11.4. The summed E-state index contributed by atoms with van der Waals surface area (Å²) >= 11 is 0. The van der Waals surface area contributed by atoms with Gasteiger partial charge < -0.3 is 20.1 Å². The van der Waals surface area contributed by atoms with Gasteiger partial charge in [-0.05, 0) is 12.1 Å². The van der Waals surface area contributed by atoms with E-state index in [1.807, 2.05) is 0 Å². The summed E-state index contributed by atoms with van der Waals surface area (Å²) in [4.78, 5) is 11.7. The number of hydrogen-bond donors (Lipinski definition) is 2. The van der Waals surface area contributed by atoms with E-state index in [2.05, 4.69) is 10.6 Å². The Morgan fingerprint density at radius 1 is 1.50 bits per heavy atom. The minimum absolute atomic E-state index is 0.0967. The van der Waals surface area contributed by atoms with Crippen molar-refractivity contribution in [1.82, 2.24) is 5.32 Å². The second kappa shape index (κ2) is 6.78. The Bertz CT molecular complexity index is 461. The van der Waals surface area contributed by atoms with Crippen molar-refractivity contribution >= 4 is 11.6 Å². The molecule has 0 saturated carbocycles. The van der Waals surface area contributed by atoms with Crippen LogP contribution in [-0.4, -0.2) is 44.9 Å². The fourth-order valence-corrected chi connectivity index (χ4v) is 2.12. The molecule has 2 rings (SSSR count). The summed E-state index contributed by atoms with van der Waals surface area (Å²) in [6.07, 6.45) is 0.797. The van der Waals surface area contributed by atoms with E-state index in [-0.39, 0.29) is 23.7 Å². The van der Waals surface area contributed by atoms with Gasteiger partial charge in [0.25, 0.3) is 0 Å². The Morgan fingerprint density at radius 3 is 2.95 bits per heavy atom. The summed E-state index contributed by atoms with van der Waals surface area (Å²) in [6, 6.07) is 6.07. The van der Waals surface area contributed by atoms with Crippen LogP contribution in [0.2, 0.25) is 0 Å². The fourth-order valence-electron chi connectivity index (χ4n) is 2.12. The van der Waals surface area contributed by atoms with Gasteiger partial charge in [0, 0.05) is 26.7 Å². The third-order valence-electron chi connectivity index (χ3n) is 3.38. The van der Waals surface area contributed by atoms with Gasteiger partial charge in [0.05, 0.1) is 18.8 Å². The minimum Gasteiger partial charge on any atom is -0.378 e. The Morgan fingerprint density at radius 2 is 2.30 bits per heavy atom. The number of carbonyl (C=O) groups excluding carboxylic acids is 1. The number of benzene rings is 1. The first-order valence-corrected chi connectivity index (χ1v) is 6.53. The van der Waals surface area contributed by atoms with Crippen LogP contribution >= 0.6 is 0 Å². The van der Waals surface area contributed by atoms with E-state index < -0.39 is 5.82 Å². The second-order valence-corrected chi connectivity index (χ2v) is 4.82. The average Bonchev–Trinajstić information content (AvgIpc) is 2.91. The predicted octanol–water partition coefficient (Wildman–Crippen LogP) is 1.16. The molecule has 1 unspecified atom stereocenters. The molecule has 0 aromatic heterocycles. The summed E-state index contributed by atoms with van der Waals surface area (Å²) in [7, 11) is 1.63. The van der Waals surface area contributed by atoms with Crippen LogP contribution in [0.5, 0.6) is 0 Å². The smallest absolute Gasteiger partial charge is 0.238 e. The summed E-state index contributed by atoms with van der Waals surface area (Å²) in [5.41, 5.74) is -0.178. The summed E-state index contributed by atoms with van der Waals surface area (Å²) in [6.45, 7) is 1.80. The van der Waals surface area contributed by atoms with Gasteiger partial charge in [-0.15, -0.1) is 0 Å². The lowest BCUT2D eigenvalue weighted by Gasteiger charge is -2.25. The molecule has 6 heteroatoms. The molecule has 1 fully saturated rings. The normalized spacial score (nSPS) is 21.9. The molecule has 0 bridgehead atoms. The van der Waals surface area contributed by atoms with Gasteiger partial charge in [-0.2, -0.15) is 0 Å². The highest BCUT2D eigenvalue weighted by Crippen LogP contribution is 2.21. The maximum atomic E-state index is 13.4. The lowest BCUT2D eigenvalue weighted by molar-refractivity contribution is -0.115. The van der Waals surface area contributed by atoms with Gasteiger partial charge in [-0.3, -0.25) is 4.79 Å². The quantitative estimate of drug-likeness (QED) is 0.822. The average molecular weight is 282 g/mol. The van der Waals surface area contributed by atoms with Crippen LogP contribution in [0.25, 0.3) is 0 Å². The van der Waals surface area contributed by atoms with E-state index in [4.69, 9.17) is 9.47 Å².